The van der Waals surface area contributed by atoms with Crippen molar-refractivity contribution < 1.29 is 9.18 Å². The molecule has 0 bridgehead atoms. The fourth-order valence-corrected chi connectivity index (χ4v) is 1.01. The van der Waals surface area contributed by atoms with Crippen LogP contribution in [0.4, 0.5) is 4.39 Å². The number of hydrogen-bond donors (Lipinski definition) is 2. The van der Waals surface area contributed by atoms with Crippen molar-refractivity contribution in [3.05, 3.63) is 17.7 Å². The number of rotatable bonds is 4. The van der Waals surface area contributed by atoms with Gasteiger partial charge in [-0.2, -0.15) is 0 Å². The Morgan fingerprint density at radius 1 is 1.86 bits per heavy atom. The molecule has 14 heavy (non-hydrogen) atoms. The zero-order valence-electron chi connectivity index (χ0n) is 7.68. The highest BCUT2D eigenvalue weighted by Gasteiger charge is 2.12. The molecular weight excluding hydrogens is 209 g/mol. The predicted octanol–water partition coefficient (Wildman–Crippen LogP) is 1.12. The molecular formula is C8H11ClFN3O. The number of H-pyrrole nitrogens is 1. The molecule has 4 nitrogen and oxygen atoms in total. The Labute approximate surface area is 85.9 Å². The van der Waals surface area contributed by atoms with Crippen LogP contribution in [0.25, 0.3) is 0 Å². The van der Waals surface area contributed by atoms with E-state index in [1.165, 1.54) is 0 Å². The minimum Gasteiger partial charge on any atom is -0.347 e. The van der Waals surface area contributed by atoms with E-state index in [1.54, 1.807) is 6.20 Å². The lowest BCUT2D eigenvalue weighted by molar-refractivity contribution is -0.123. The van der Waals surface area contributed by atoms with Gasteiger partial charge in [0, 0.05) is 6.42 Å². The van der Waals surface area contributed by atoms with Gasteiger partial charge in [-0.15, -0.1) is 0 Å². The summed E-state index contributed by atoms with van der Waals surface area (Å²) in [5, 5.41) is 2.32. The lowest BCUT2D eigenvalue weighted by Crippen LogP contribution is -2.28. The minimum absolute atomic E-state index is 0.207. The van der Waals surface area contributed by atoms with Crippen molar-refractivity contribution in [3.8, 4) is 0 Å². The number of imidazole rings is 1. The molecule has 1 rings (SSSR count). The monoisotopic (exact) mass is 219 g/mol. The second-order valence-electron chi connectivity index (χ2n) is 2.73. The quantitative estimate of drug-likeness (QED) is 0.746. The van der Waals surface area contributed by atoms with E-state index in [2.05, 4.69) is 15.3 Å². The molecule has 1 aromatic rings. The number of carbonyl (C=O) groups is 1. The topological polar surface area (TPSA) is 57.8 Å². The van der Waals surface area contributed by atoms with Gasteiger partial charge in [0.05, 0.1) is 18.4 Å². The normalized spacial score (nSPS) is 12.5. The maximum atomic E-state index is 12.2. The van der Waals surface area contributed by atoms with Crippen molar-refractivity contribution >= 4 is 17.5 Å². The smallest absolute Gasteiger partial charge is 0.270 e. The van der Waals surface area contributed by atoms with E-state index in [4.69, 9.17) is 11.6 Å². The standard InChI is InChI=1S/C8H11ClFN3O/c1-2-6-11-3-5(13-6)4-12-8(14)7(9)10/h3,7H,2,4H2,1H3,(H,11,13)(H,12,14). The summed E-state index contributed by atoms with van der Waals surface area (Å²) in [5.74, 6) is -0.00349. The summed E-state index contributed by atoms with van der Waals surface area (Å²) in [5.41, 5.74) is -1.27. The van der Waals surface area contributed by atoms with Gasteiger partial charge in [0.15, 0.2) is 0 Å². The van der Waals surface area contributed by atoms with Crippen LogP contribution in [0, 0.1) is 0 Å². The number of carbonyl (C=O) groups excluding carboxylic acids is 1. The van der Waals surface area contributed by atoms with Gasteiger partial charge in [-0.1, -0.05) is 18.5 Å². The maximum Gasteiger partial charge on any atom is 0.270 e. The molecule has 1 atom stereocenters. The Bertz CT molecular complexity index is 313. The summed E-state index contributed by atoms with van der Waals surface area (Å²) < 4.78 is 12.2. The first-order valence-corrected chi connectivity index (χ1v) is 4.65. The Hall–Kier alpha value is -1.10. The van der Waals surface area contributed by atoms with Gasteiger partial charge in [-0.3, -0.25) is 4.79 Å². The van der Waals surface area contributed by atoms with Crippen LogP contribution >= 0.6 is 11.6 Å². The van der Waals surface area contributed by atoms with E-state index in [-0.39, 0.29) is 6.54 Å². The third kappa shape index (κ3) is 2.99. The zero-order valence-corrected chi connectivity index (χ0v) is 8.44. The molecule has 0 aromatic carbocycles. The fourth-order valence-electron chi connectivity index (χ4n) is 0.935. The number of halogens is 2. The van der Waals surface area contributed by atoms with Gasteiger partial charge in [0.1, 0.15) is 5.82 Å². The lowest BCUT2D eigenvalue weighted by atomic mass is 10.4. The molecule has 6 heteroatoms. The summed E-state index contributed by atoms with van der Waals surface area (Å²) in [6.07, 6.45) is 2.38. The van der Waals surface area contributed by atoms with Crippen LogP contribution in [0.5, 0.6) is 0 Å². The van der Waals surface area contributed by atoms with Crippen LogP contribution in [0.3, 0.4) is 0 Å². The van der Waals surface area contributed by atoms with Gasteiger partial charge in [0.2, 0.25) is 0 Å². The van der Waals surface area contributed by atoms with Crippen LogP contribution in [0.15, 0.2) is 6.20 Å². The van der Waals surface area contributed by atoms with Gasteiger partial charge < -0.3 is 10.3 Å². The zero-order chi connectivity index (χ0) is 10.6. The van der Waals surface area contributed by atoms with Crippen molar-refractivity contribution in [2.24, 2.45) is 0 Å². The molecule has 2 N–H and O–H groups in total. The van der Waals surface area contributed by atoms with Crippen molar-refractivity contribution in [1.29, 1.82) is 0 Å². The molecule has 1 aromatic heterocycles. The SMILES string of the molecule is CCc1ncc(CNC(=O)C(F)Cl)[nH]1. The highest BCUT2D eigenvalue weighted by molar-refractivity contribution is 6.29. The third-order valence-electron chi connectivity index (χ3n) is 1.67. The summed E-state index contributed by atoms with van der Waals surface area (Å²) in [6, 6.07) is 0. The number of nitrogens with one attached hydrogen (secondary N) is 2. The van der Waals surface area contributed by atoms with Crippen LogP contribution in [0.2, 0.25) is 0 Å². The molecule has 0 fully saturated rings. The van der Waals surface area contributed by atoms with Gasteiger partial charge >= 0.3 is 0 Å². The minimum atomic E-state index is -2.00. The molecule has 1 heterocycles. The van der Waals surface area contributed by atoms with E-state index < -0.39 is 11.5 Å². The molecule has 1 amide bonds. The number of aromatic amines is 1. The predicted molar refractivity (Wildman–Crippen MR) is 50.6 cm³/mol. The summed E-state index contributed by atoms with van der Waals surface area (Å²) in [6.45, 7) is 2.16. The number of hydrogen-bond acceptors (Lipinski definition) is 2. The van der Waals surface area contributed by atoms with E-state index >= 15 is 0 Å². The lowest BCUT2D eigenvalue weighted by Gasteiger charge is -2.01. The first-order chi connectivity index (χ1) is 6.63. The molecule has 0 saturated carbocycles. The number of aromatic nitrogens is 2. The second kappa shape index (κ2) is 4.95. The molecule has 0 saturated heterocycles. The Kier molecular flexibility index (Phi) is 3.88. The van der Waals surface area contributed by atoms with E-state index in [0.717, 1.165) is 17.9 Å². The Balaban J connectivity index is 2.41. The molecule has 1 unspecified atom stereocenters. The fraction of sp³-hybridized carbons (Fsp3) is 0.500. The third-order valence-corrected chi connectivity index (χ3v) is 1.87. The number of nitrogens with zero attached hydrogens (tertiary/aromatic N) is 1. The van der Waals surface area contributed by atoms with Crippen LogP contribution < -0.4 is 5.32 Å². The summed E-state index contributed by atoms with van der Waals surface area (Å²) >= 11 is 4.92. The van der Waals surface area contributed by atoms with Gasteiger partial charge in [-0.05, 0) is 0 Å². The average Bonchev–Trinajstić information content (AvgIpc) is 2.61. The first kappa shape index (κ1) is 11.0. The average molecular weight is 220 g/mol. The van der Waals surface area contributed by atoms with E-state index in [0.29, 0.717) is 0 Å². The Morgan fingerprint density at radius 2 is 2.57 bits per heavy atom. The number of amides is 1. The molecule has 0 aliphatic carbocycles. The number of aryl methyl sites for hydroxylation is 1. The molecule has 0 spiro atoms. The molecule has 0 radical (unpaired) electrons. The first-order valence-electron chi connectivity index (χ1n) is 4.22. The highest BCUT2D eigenvalue weighted by Crippen LogP contribution is 1.99. The van der Waals surface area contributed by atoms with Crippen LogP contribution in [-0.4, -0.2) is 21.5 Å². The molecule has 0 aliphatic rings. The largest absolute Gasteiger partial charge is 0.347 e. The van der Waals surface area contributed by atoms with Crippen molar-refractivity contribution in [1.82, 2.24) is 15.3 Å². The summed E-state index contributed by atoms with van der Waals surface area (Å²) in [7, 11) is 0. The van der Waals surface area contributed by atoms with Crippen LogP contribution in [0.1, 0.15) is 18.4 Å². The van der Waals surface area contributed by atoms with Crippen molar-refractivity contribution in [2.75, 3.05) is 0 Å². The van der Waals surface area contributed by atoms with Gasteiger partial charge in [0.25, 0.3) is 11.5 Å². The van der Waals surface area contributed by atoms with E-state index in [1.807, 2.05) is 6.92 Å². The second-order valence-corrected chi connectivity index (χ2v) is 3.11. The van der Waals surface area contributed by atoms with Crippen LogP contribution in [-0.2, 0) is 17.8 Å². The highest BCUT2D eigenvalue weighted by atomic mass is 35.5. The van der Waals surface area contributed by atoms with E-state index in [9.17, 15) is 9.18 Å². The van der Waals surface area contributed by atoms with Crippen molar-refractivity contribution in [2.45, 2.75) is 25.5 Å². The maximum absolute atomic E-state index is 12.2. The van der Waals surface area contributed by atoms with Gasteiger partial charge in [-0.25, -0.2) is 9.37 Å². The summed E-state index contributed by atoms with van der Waals surface area (Å²) in [4.78, 5) is 17.7. The molecule has 0 aliphatic heterocycles. The van der Waals surface area contributed by atoms with Crippen molar-refractivity contribution in [3.63, 3.8) is 0 Å². The Morgan fingerprint density at radius 3 is 3.07 bits per heavy atom. The number of alkyl halides is 2. The molecule has 78 valence electrons.